The molecule has 1 aromatic rings. The van der Waals surface area contributed by atoms with Gasteiger partial charge in [0.15, 0.2) is 0 Å². The van der Waals surface area contributed by atoms with Crippen molar-refractivity contribution < 1.29 is 23.9 Å². The van der Waals surface area contributed by atoms with Crippen molar-refractivity contribution in [1.29, 1.82) is 0 Å². The molecular weight excluding hydrogens is 412 g/mol. The summed E-state index contributed by atoms with van der Waals surface area (Å²) >= 11 is 5.45. The van der Waals surface area contributed by atoms with Crippen LogP contribution < -0.4 is 10.6 Å². The molecule has 0 spiro atoms. The number of anilines is 1. The van der Waals surface area contributed by atoms with E-state index in [1.807, 2.05) is 0 Å². The van der Waals surface area contributed by atoms with Crippen molar-refractivity contribution in [1.82, 2.24) is 15.1 Å². The molecular formula is C20H27ClN4O5. The molecule has 164 valence electrons. The van der Waals surface area contributed by atoms with Gasteiger partial charge in [-0.15, -0.1) is 0 Å². The summed E-state index contributed by atoms with van der Waals surface area (Å²) in [6.45, 7) is 6.86. The molecule has 0 bridgehead atoms. The highest BCUT2D eigenvalue weighted by molar-refractivity contribution is 6.62. The van der Waals surface area contributed by atoms with Gasteiger partial charge >= 0.3 is 17.4 Å². The highest BCUT2D eigenvalue weighted by Gasteiger charge is 2.25. The van der Waals surface area contributed by atoms with Crippen LogP contribution in [-0.4, -0.2) is 71.4 Å². The van der Waals surface area contributed by atoms with Crippen LogP contribution in [-0.2, 0) is 20.7 Å². The zero-order valence-electron chi connectivity index (χ0n) is 17.3. The highest BCUT2D eigenvalue weighted by atomic mass is 35.5. The Kier molecular flexibility index (Phi) is 8.05. The maximum Gasteiger partial charge on any atom is 0.329 e. The number of benzene rings is 1. The molecule has 9 nitrogen and oxygen atoms in total. The fourth-order valence-corrected chi connectivity index (χ4v) is 3.08. The van der Waals surface area contributed by atoms with Gasteiger partial charge in [0, 0.05) is 38.3 Å². The lowest BCUT2D eigenvalue weighted by Gasteiger charge is -2.33. The van der Waals surface area contributed by atoms with Crippen molar-refractivity contribution in [3.8, 4) is 0 Å². The number of carbonyl (C=O) groups excluding carboxylic acids is 4. The quantitative estimate of drug-likeness (QED) is 0.306. The summed E-state index contributed by atoms with van der Waals surface area (Å²) in [5, 5.41) is 4.77. The van der Waals surface area contributed by atoms with Crippen LogP contribution in [0.1, 0.15) is 26.3 Å². The second kappa shape index (κ2) is 10.3. The second-order valence-electron chi connectivity index (χ2n) is 7.93. The van der Waals surface area contributed by atoms with Crippen molar-refractivity contribution in [2.75, 3.05) is 31.5 Å². The first kappa shape index (κ1) is 23.5. The minimum Gasteiger partial charge on any atom is -0.458 e. The first-order valence-electron chi connectivity index (χ1n) is 9.61. The molecule has 0 radical (unpaired) electrons. The van der Waals surface area contributed by atoms with Gasteiger partial charge in [-0.05, 0) is 50.1 Å². The molecule has 2 rings (SSSR count). The van der Waals surface area contributed by atoms with E-state index < -0.39 is 23.0 Å². The van der Waals surface area contributed by atoms with Gasteiger partial charge in [0.1, 0.15) is 11.6 Å². The van der Waals surface area contributed by atoms with E-state index in [0.29, 0.717) is 38.3 Å². The normalized spacial score (nSPS) is 15.2. The Hall–Kier alpha value is -2.81. The lowest BCUT2D eigenvalue weighted by molar-refractivity contribution is -0.158. The standard InChI is InChI=1S/C20H27ClN4O5/c1-20(2,3)30-17(27)16(22-13-26)12-14-4-6-15(7-5-14)23-19(29)25-10-8-24(9-11-25)18(21)28/h4-7,13,16H,8-12H2,1-3H3,(H,22,26)(H,23,29)/t16-/m0/s1. The molecule has 30 heavy (non-hydrogen) atoms. The van der Waals surface area contributed by atoms with E-state index in [9.17, 15) is 19.2 Å². The highest BCUT2D eigenvalue weighted by Crippen LogP contribution is 2.15. The van der Waals surface area contributed by atoms with E-state index in [-0.39, 0.29) is 12.5 Å². The number of ether oxygens (including phenoxy) is 1. The fraction of sp³-hybridized carbons (Fsp3) is 0.500. The van der Waals surface area contributed by atoms with Gasteiger partial charge in [0.2, 0.25) is 6.41 Å². The lowest BCUT2D eigenvalue weighted by atomic mass is 10.1. The van der Waals surface area contributed by atoms with E-state index >= 15 is 0 Å². The Morgan fingerprint density at radius 1 is 1.10 bits per heavy atom. The predicted molar refractivity (Wildman–Crippen MR) is 112 cm³/mol. The number of hydrogen-bond donors (Lipinski definition) is 2. The largest absolute Gasteiger partial charge is 0.458 e. The molecule has 0 saturated carbocycles. The van der Waals surface area contributed by atoms with E-state index in [2.05, 4.69) is 10.6 Å². The van der Waals surface area contributed by atoms with Crippen LogP contribution >= 0.6 is 11.6 Å². The summed E-state index contributed by atoms with van der Waals surface area (Å²) in [5.41, 5.74) is 0.737. The van der Waals surface area contributed by atoms with Gasteiger partial charge in [0.05, 0.1) is 0 Å². The first-order valence-corrected chi connectivity index (χ1v) is 9.98. The summed E-state index contributed by atoms with van der Waals surface area (Å²) in [7, 11) is 0. The van der Waals surface area contributed by atoms with Crippen LogP contribution in [0.4, 0.5) is 15.3 Å². The molecule has 1 aliphatic rings. The Bertz CT molecular complexity index is 770. The van der Waals surface area contributed by atoms with Gasteiger partial charge in [-0.3, -0.25) is 9.59 Å². The van der Waals surface area contributed by atoms with Crippen LogP contribution in [0.3, 0.4) is 0 Å². The van der Waals surface area contributed by atoms with Gasteiger partial charge in [-0.2, -0.15) is 0 Å². The third-order valence-electron chi connectivity index (χ3n) is 4.42. The van der Waals surface area contributed by atoms with Crippen molar-refractivity contribution in [3.05, 3.63) is 29.8 Å². The number of rotatable bonds is 6. The molecule has 0 aliphatic carbocycles. The molecule has 1 aromatic carbocycles. The van der Waals surface area contributed by atoms with Crippen LogP contribution in [0.25, 0.3) is 0 Å². The summed E-state index contributed by atoms with van der Waals surface area (Å²) in [6, 6.07) is 5.91. The smallest absolute Gasteiger partial charge is 0.329 e. The van der Waals surface area contributed by atoms with Crippen molar-refractivity contribution in [2.45, 2.75) is 38.8 Å². The Morgan fingerprint density at radius 2 is 1.67 bits per heavy atom. The number of hydrogen-bond acceptors (Lipinski definition) is 5. The Morgan fingerprint density at radius 3 is 2.17 bits per heavy atom. The van der Waals surface area contributed by atoms with E-state index in [0.717, 1.165) is 5.56 Å². The number of urea groups is 1. The lowest BCUT2D eigenvalue weighted by Crippen LogP contribution is -2.50. The van der Waals surface area contributed by atoms with Crippen molar-refractivity contribution in [3.63, 3.8) is 0 Å². The monoisotopic (exact) mass is 438 g/mol. The minimum absolute atomic E-state index is 0.260. The van der Waals surface area contributed by atoms with Crippen LogP contribution in [0.2, 0.25) is 0 Å². The predicted octanol–water partition coefficient (Wildman–Crippen LogP) is 2.19. The zero-order valence-corrected chi connectivity index (χ0v) is 18.1. The maximum absolute atomic E-state index is 12.4. The summed E-state index contributed by atoms with van der Waals surface area (Å²) < 4.78 is 5.33. The number of amides is 4. The van der Waals surface area contributed by atoms with Crippen LogP contribution in [0.15, 0.2) is 24.3 Å². The van der Waals surface area contributed by atoms with Gasteiger partial charge in [-0.1, -0.05) is 12.1 Å². The molecule has 0 unspecified atom stereocenters. The van der Waals surface area contributed by atoms with E-state index in [4.69, 9.17) is 16.3 Å². The number of carbonyl (C=O) groups is 4. The molecule has 1 aliphatic heterocycles. The Labute approximate surface area is 180 Å². The molecule has 2 N–H and O–H groups in total. The third kappa shape index (κ3) is 7.22. The zero-order chi connectivity index (χ0) is 22.3. The fourth-order valence-electron chi connectivity index (χ4n) is 2.91. The summed E-state index contributed by atoms with van der Waals surface area (Å²) in [5.74, 6) is -0.512. The van der Waals surface area contributed by atoms with E-state index in [1.54, 1.807) is 49.9 Å². The summed E-state index contributed by atoms with van der Waals surface area (Å²) in [6.07, 6.45) is 0.733. The van der Waals surface area contributed by atoms with Gasteiger partial charge in [0.25, 0.3) is 0 Å². The van der Waals surface area contributed by atoms with Gasteiger partial charge in [-0.25, -0.2) is 9.59 Å². The second-order valence-corrected chi connectivity index (χ2v) is 8.25. The minimum atomic E-state index is -0.803. The number of nitrogens with zero attached hydrogens (tertiary/aromatic N) is 2. The topological polar surface area (TPSA) is 108 Å². The SMILES string of the molecule is CC(C)(C)OC(=O)[C@H](Cc1ccc(NC(=O)N2CCN(C(=O)Cl)CC2)cc1)NC=O. The first-order chi connectivity index (χ1) is 14.1. The molecule has 1 saturated heterocycles. The number of halogens is 1. The van der Waals surface area contributed by atoms with Gasteiger partial charge < -0.3 is 25.2 Å². The average molecular weight is 439 g/mol. The Balaban J connectivity index is 1.92. The molecule has 0 aromatic heterocycles. The number of esters is 1. The van der Waals surface area contributed by atoms with Crippen molar-refractivity contribution >= 4 is 41.1 Å². The van der Waals surface area contributed by atoms with Crippen LogP contribution in [0.5, 0.6) is 0 Å². The molecule has 1 atom stereocenters. The van der Waals surface area contributed by atoms with Crippen LogP contribution in [0, 0.1) is 0 Å². The third-order valence-corrected chi connectivity index (χ3v) is 4.66. The molecule has 4 amide bonds. The molecule has 1 fully saturated rings. The van der Waals surface area contributed by atoms with Crippen molar-refractivity contribution in [2.24, 2.45) is 0 Å². The average Bonchev–Trinajstić information content (AvgIpc) is 2.67. The molecule has 10 heteroatoms. The van der Waals surface area contributed by atoms with E-state index in [1.165, 1.54) is 4.90 Å². The molecule has 1 heterocycles. The number of piperazine rings is 1. The number of nitrogens with one attached hydrogen (secondary N) is 2. The summed E-state index contributed by atoms with van der Waals surface area (Å²) in [4.78, 5) is 49.7. The maximum atomic E-state index is 12.4.